The average Bonchev–Trinajstić information content (AvgIpc) is 2.81. The number of hydrogen-bond donors (Lipinski definition) is 1. The van der Waals surface area contributed by atoms with E-state index in [1.165, 1.54) is 11.1 Å². The molecule has 3 aromatic rings. The molecule has 0 amide bonds. The number of nitrogen functional groups attached to an aromatic ring is 1. The van der Waals surface area contributed by atoms with Gasteiger partial charge in [-0.3, -0.25) is 0 Å². The van der Waals surface area contributed by atoms with Crippen molar-refractivity contribution in [3.8, 4) is 22.5 Å². The Kier molecular flexibility index (Phi) is 3.03. The molecule has 1 heterocycles. The van der Waals surface area contributed by atoms with Gasteiger partial charge in [-0.2, -0.15) is 0 Å². The number of benzene rings is 2. The Hall–Kier alpha value is -2.55. The van der Waals surface area contributed by atoms with Gasteiger partial charge in [-0.15, -0.1) is 0 Å². The maximum Gasteiger partial charge on any atom is 0.176 e. The van der Waals surface area contributed by atoms with E-state index in [9.17, 15) is 0 Å². The van der Waals surface area contributed by atoms with Gasteiger partial charge in [0, 0.05) is 5.56 Å². The Labute approximate surface area is 118 Å². The summed E-state index contributed by atoms with van der Waals surface area (Å²) >= 11 is 0. The normalized spacial score (nSPS) is 10.7. The predicted molar refractivity (Wildman–Crippen MR) is 81.3 cm³/mol. The third-order valence-corrected chi connectivity index (χ3v) is 3.34. The summed E-state index contributed by atoms with van der Waals surface area (Å²) in [5, 5.41) is 3.92. The Bertz CT molecular complexity index is 742. The average molecular weight is 264 g/mol. The molecule has 0 aliphatic carbocycles. The van der Waals surface area contributed by atoms with Crippen molar-refractivity contribution >= 4 is 5.82 Å². The summed E-state index contributed by atoms with van der Waals surface area (Å²) in [5.41, 5.74) is 11.2. The van der Waals surface area contributed by atoms with E-state index in [2.05, 4.69) is 31.1 Å². The van der Waals surface area contributed by atoms with E-state index in [0.717, 1.165) is 16.7 Å². The maximum absolute atomic E-state index is 5.99. The minimum atomic E-state index is 0.422. The highest BCUT2D eigenvalue weighted by molar-refractivity contribution is 5.86. The molecule has 20 heavy (non-hydrogen) atoms. The minimum absolute atomic E-state index is 0.422. The quantitative estimate of drug-likeness (QED) is 0.754. The van der Waals surface area contributed by atoms with Gasteiger partial charge in [-0.05, 0) is 19.4 Å². The summed E-state index contributed by atoms with van der Waals surface area (Å²) in [4.78, 5) is 0. The molecule has 3 heteroatoms. The first-order chi connectivity index (χ1) is 9.65. The van der Waals surface area contributed by atoms with Crippen LogP contribution < -0.4 is 5.73 Å². The monoisotopic (exact) mass is 264 g/mol. The van der Waals surface area contributed by atoms with Gasteiger partial charge in [0.1, 0.15) is 0 Å². The summed E-state index contributed by atoms with van der Waals surface area (Å²) in [7, 11) is 0. The van der Waals surface area contributed by atoms with Crippen molar-refractivity contribution in [1.82, 2.24) is 5.16 Å². The second-order valence-electron chi connectivity index (χ2n) is 5.01. The van der Waals surface area contributed by atoms with Crippen LogP contribution in [-0.4, -0.2) is 5.16 Å². The van der Waals surface area contributed by atoms with Crippen LogP contribution in [0.2, 0.25) is 0 Å². The van der Waals surface area contributed by atoms with Crippen molar-refractivity contribution in [2.45, 2.75) is 13.8 Å². The van der Waals surface area contributed by atoms with E-state index in [1.54, 1.807) is 0 Å². The van der Waals surface area contributed by atoms with Crippen molar-refractivity contribution in [2.24, 2.45) is 0 Å². The Morgan fingerprint density at radius 3 is 2.35 bits per heavy atom. The van der Waals surface area contributed by atoms with Crippen molar-refractivity contribution in [2.75, 3.05) is 5.73 Å². The van der Waals surface area contributed by atoms with Crippen molar-refractivity contribution < 1.29 is 4.52 Å². The van der Waals surface area contributed by atoms with Gasteiger partial charge in [-0.25, -0.2) is 0 Å². The lowest BCUT2D eigenvalue weighted by Gasteiger charge is -2.04. The lowest BCUT2D eigenvalue weighted by atomic mass is 9.99. The van der Waals surface area contributed by atoms with E-state index in [-0.39, 0.29) is 0 Å². The van der Waals surface area contributed by atoms with Crippen LogP contribution in [0, 0.1) is 13.8 Å². The molecule has 0 spiro atoms. The molecule has 3 nitrogen and oxygen atoms in total. The second-order valence-corrected chi connectivity index (χ2v) is 5.01. The summed E-state index contributed by atoms with van der Waals surface area (Å²) in [6.07, 6.45) is 0. The van der Waals surface area contributed by atoms with Gasteiger partial charge >= 0.3 is 0 Å². The van der Waals surface area contributed by atoms with Crippen LogP contribution in [0.25, 0.3) is 22.5 Å². The van der Waals surface area contributed by atoms with E-state index in [0.29, 0.717) is 11.6 Å². The molecule has 1 aromatic heterocycles. The number of aryl methyl sites for hydroxylation is 2. The molecule has 0 radical (unpaired) electrons. The van der Waals surface area contributed by atoms with Crippen LogP contribution >= 0.6 is 0 Å². The van der Waals surface area contributed by atoms with Crippen LogP contribution in [0.15, 0.2) is 53.1 Å². The lowest BCUT2D eigenvalue weighted by Crippen LogP contribution is -1.89. The Morgan fingerprint density at radius 2 is 1.65 bits per heavy atom. The molecule has 2 N–H and O–H groups in total. The summed E-state index contributed by atoms with van der Waals surface area (Å²) in [6, 6.07) is 16.3. The van der Waals surface area contributed by atoms with Gasteiger partial charge in [-0.1, -0.05) is 64.8 Å². The molecular weight excluding hydrogens is 248 g/mol. The fourth-order valence-electron chi connectivity index (χ4n) is 2.28. The summed E-state index contributed by atoms with van der Waals surface area (Å²) in [5.74, 6) is 1.14. The molecule has 100 valence electrons. The first kappa shape index (κ1) is 12.5. The third-order valence-electron chi connectivity index (χ3n) is 3.34. The fourth-order valence-corrected chi connectivity index (χ4v) is 2.28. The highest BCUT2D eigenvalue weighted by atomic mass is 16.5. The summed E-state index contributed by atoms with van der Waals surface area (Å²) in [6.45, 7) is 4.11. The molecular formula is C17H16N2O. The van der Waals surface area contributed by atoms with E-state index in [1.807, 2.05) is 36.4 Å². The highest BCUT2D eigenvalue weighted by Gasteiger charge is 2.17. The van der Waals surface area contributed by atoms with E-state index >= 15 is 0 Å². The van der Waals surface area contributed by atoms with Crippen molar-refractivity contribution in [3.63, 3.8) is 0 Å². The molecule has 0 bridgehead atoms. The van der Waals surface area contributed by atoms with Gasteiger partial charge in [0.05, 0.1) is 5.56 Å². The first-order valence-corrected chi connectivity index (χ1v) is 6.54. The highest BCUT2D eigenvalue weighted by Crippen LogP contribution is 2.36. The smallest absolute Gasteiger partial charge is 0.176 e. The molecule has 0 aliphatic rings. The Morgan fingerprint density at radius 1 is 0.900 bits per heavy atom. The number of aromatic nitrogens is 1. The molecule has 2 aromatic carbocycles. The minimum Gasteiger partial charge on any atom is -0.380 e. The van der Waals surface area contributed by atoms with Gasteiger partial charge < -0.3 is 10.3 Å². The standard InChI is InChI=1S/C17H16N2O/c1-11-6-8-13(9-7-11)16-15(17(18)19-20-16)14-5-3-4-12(2)10-14/h3-10H,1-2H3,(H2,18,19). The van der Waals surface area contributed by atoms with Crippen LogP contribution in [0.1, 0.15) is 11.1 Å². The summed E-state index contributed by atoms with van der Waals surface area (Å²) < 4.78 is 5.44. The molecule has 0 saturated carbocycles. The first-order valence-electron chi connectivity index (χ1n) is 6.54. The largest absolute Gasteiger partial charge is 0.380 e. The molecule has 0 unspecified atom stereocenters. The van der Waals surface area contributed by atoms with Crippen LogP contribution in [-0.2, 0) is 0 Å². The van der Waals surface area contributed by atoms with Crippen LogP contribution in [0.3, 0.4) is 0 Å². The van der Waals surface area contributed by atoms with Gasteiger partial charge in [0.15, 0.2) is 11.6 Å². The number of nitrogens with zero attached hydrogens (tertiary/aromatic N) is 1. The third kappa shape index (κ3) is 2.18. The van der Waals surface area contributed by atoms with Crippen molar-refractivity contribution in [3.05, 3.63) is 59.7 Å². The SMILES string of the molecule is Cc1ccc(-c2onc(N)c2-c2cccc(C)c2)cc1. The Balaban J connectivity index is 2.17. The number of nitrogens with two attached hydrogens (primary N) is 1. The zero-order chi connectivity index (χ0) is 14.1. The zero-order valence-electron chi connectivity index (χ0n) is 11.6. The molecule has 0 fully saturated rings. The number of hydrogen-bond acceptors (Lipinski definition) is 3. The molecule has 0 saturated heterocycles. The van der Waals surface area contributed by atoms with Crippen LogP contribution in [0.5, 0.6) is 0 Å². The van der Waals surface area contributed by atoms with Gasteiger partial charge in [0.25, 0.3) is 0 Å². The fraction of sp³-hybridized carbons (Fsp3) is 0.118. The molecule has 0 atom stereocenters. The predicted octanol–water partition coefficient (Wildman–Crippen LogP) is 4.21. The van der Waals surface area contributed by atoms with Crippen LogP contribution in [0.4, 0.5) is 5.82 Å². The topological polar surface area (TPSA) is 52.0 Å². The number of anilines is 1. The number of rotatable bonds is 2. The molecule has 0 aliphatic heterocycles. The second kappa shape index (κ2) is 4.85. The van der Waals surface area contributed by atoms with E-state index < -0.39 is 0 Å². The molecule has 3 rings (SSSR count). The zero-order valence-corrected chi connectivity index (χ0v) is 11.6. The van der Waals surface area contributed by atoms with E-state index in [4.69, 9.17) is 10.3 Å². The van der Waals surface area contributed by atoms with Crippen molar-refractivity contribution in [1.29, 1.82) is 0 Å². The maximum atomic E-state index is 5.99. The van der Waals surface area contributed by atoms with Gasteiger partial charge in [0.2, 0.25) is 0 Å². The lowest BCUT2D eigenvalue weighted by molar-refractivity contribution is 0.436.